The number of aliphatic hydroxyl groups is 1. The number of hydrogen-bond acceptors (Lipinski definition) is 4. The van der Waals surface area contributed by atoms with E-state index in [-0.39, 0.29) is 12.6 Å². The van der Waals surface area contributed by atoms with E-state index in [9.17, 15) is 0 Å². The van der Waals surface area contributed by atoms with Crippen molar-refractivity contribution in [2.24, 2.45) is 0 Å². The van der Waals surface area contributed by atoms with Gasteiger partial charge >= 0.3 is 0 Å². The zero-order valence-corrected chi connectivity index (χ0v) is 12.9. The first-order chi connectivity index (χ1) is 10.1. The number of rotatable bonds is 6. The molecule has 0 radical (unpaired) electrons. The van der Waals surface area contributed by atoms with Gasteiger partial charge in [0.25, 0.3) is 0 Å². The van der Waals surface area contributed by atoms with Gasteiger partial charge in [0.15, 0.2) is 0 Å². The highest BCUT2D eigenvalue weighted by Crippen LogP contribution is 2.19. The lowest BCUT2D eigenvalue weighted by atomic mass is 10.1. The van der Waals surface area contributed by atoms with Gasteiger partial charge in [0.05, 0.1) is 26.2 Å². The molecule has 21 heavy (non-hydrogen) atoms. The third-order valence-electron chi connectivity index (χ3n) is 3.33. The van der Waals surface area contributed by atoms with E-state index in [2.05, 4.69) is 22.8 Å². The van der Waals surface area contributed by atoms with Gasteiger partial charge < -0.3 is 9.84 Å². The first-order valence-electron chi connectivity index (χ1n) is 6.96. The van der Waals surface area contributed by atoms with Crippen LogP contribution < -0.4 is 4.74 Å². The van der Waals surface area contributed by atoms with Crippen molar-refractivity contribution in [3.05, 3.63) is 29.3 Å². The van der Waals surface area contributed by atoms with Crippen molar-refractivity contribution in [1.82, 2.24) is 4.90 Å². The number of benzene rings is 1. The van der Waals surface area contributed by atoms with E-state index in [0.717, 1.165) is 16.9 Å². The molecule has 0 saturated heterocycles. The third kappa shape index (κ3) is 5.47. The number of hydrogen-bond donors (Lipinski definition) is 1. The molecule has 0 aliphatic heterocycles. The Bertz CT molecular complexity index is 552. The van der Waals surface area contributed by atoms with Gasteiger partial charge in [-0.1, -0.05) is 11.8 Å². The molecule has 0 amide bonds. The van der Waals surface area contributed by atoms with Crippen molar-refractivity contribution in [3.63, 3.8) is 0 Å². The van der Waals surface area contributed by atoms with Crippen LogP contribution in [-0.2, 0) is 6.54 Å². The lowest BCUT2D eigenvalue weighted by Gasteiger charge is -2.23. The van der Waals surface area contributed by atoms with Crippen LogP contribution in [0.1, 0.15) is 30.9 Å². The molecule has 0 fully saturated rings. The van der Waals surface area contributed by atoms with Gasteiger partial charge in [-0.25, -0.2) is 0 Å². The van der Waals surface area contributed by atoms with Crippen LogP contribution in [0, 0.1) is 23.2 Å². The molecule has 0 aliphatic carbocycles. The minimum absolute atomic E-state index is 0.0671. The average molecular weight is 286 g/mol. The van der Waals surface area contributed by atoms with E-state index in [1.165, 1.54) is 0 Å². The molecule has 1 unspecified atom stereocenters. The first-order valence-corrected chi connectivity index (χ1v) is 6.96. The zero-order chi connectivity index (χ0) is 15.7. The minimum atomic E-state index is 0.0671. The summed E-state index contributed by atoms with van der Waals surface area (Å²) in [4.78, 5) is 2.12. The van der Waals surface area contributed by atoms with Gasteiger partial charge in [0, 0.05) is 24.6 Å². The molecule has 0 spiro atoms. The Morgan fingerprint density at radius 2 is 2.19 bits per heavy atom. The Morgan fingerprint density at radius 3 is 2.81 bits per heavy atom. The fourth-order valence-corrected chi connectivity index (χ4v) is 1.88. The van der Waals surface area contributed by atoms with Gasteiger partial charge in [-0.3, -0.25) is 4.90 Å². The lowest BCUT2D eigenvalue weighted by molar-refractivity contribution is 0.252. The first kappa shape index (κ1) is 17.0. The highest BCUT2D eigenvalue weighted by Gasteiger charge is 2.11. The van der Waals surface area contributed by atoms with E-state index in [4.69, 9.17) is 15.1 Å². The summed E-state index contributed by atoms with van der Waals surface area (Å²) in [5.41, 5.74) is 1.99. The van der Waals surface area contributed by atoms with Crippen LogP contribution in [0.4, 0.5) is 0 Å². The molecule has 0 saturated carbocycles. The maximum absolute atomic E-state index is 8.81. The lowest BCUT2D eigenvalue weighted by Crippen LogP contribution is -2.28. The van der Waals surface area contributed by atoms with Crippen molar-refractivity contribution in [2.75, 3.05) is 20.8 Å². The van der Waals surface area contributed by atoms with Crippen LogP contribution >= 0.6 is 0 Å². The van der Waals surface area contributed by atoms with E-state index in [1.54, 1.807) is 7.11 Å². The number of aliphatic hydroxyl groups excluding tert-OH is 1. The van der Waals surface area contributed by atoms with E-state index in [1.807, 2.05) is 32.2 Å². The van der Waals surface area contributed by atoms with Crippen LogP contribution in [0.2, 0.25) is 0 Å². The minimum Gasteiger partial charge on any atom is -0.497 e. The van der Waals surface area contributed by atoms with Gasteiger partial charge in [0.2, 0.25) is 0 Å². The molecule has 0 bridgehead atoms. The molecule has 0 aliphatic rings. The Balaban J connectivity index is 2.97. The van der Waals surface area contributed by atoms with E-state index < -0.39 is 0 Å². The van der Waals surface area contributed by atoms with Crippen molar-refractivity contribution in [1.29, 1.82) is 5.26 Å². The predicted molar refractivity (Wildman–Crippen MR) is 82.7 cm³/mol. The van der Waals surface area contributed by atoms with Crippen molar-refractivity contribution >= 4 is 0 Å². The topological polar surface area (TPSA) is 56.5 Å². The van der Waals surface area contributed by atoms with Crippen LogP contribution in [-0.4, -0.2) is 36.8 Å². The number of methoxy groups -OCH3 is 1. The Labute approximate surface area is 127 Å². The Morgan fingerprint density at radius 1 is 1.43 bits per heavy atom. The summed E-state index contributed by atoms with van der Waals surface area (Å²) in [5.74, 6) is 6.82. The fourth-order valence-electron chi connectivity index (χ4n) is 1.88. The molecule has 1 N–H and O–H groups in total. The molecule has 4 heteroatoms. The summed E-state index contributed by atoms with van der Waals surface area (Å²) in [7, 11) is 3.63. The molecule has 0 heterocycles. The Kier molecular flexibility index (Phi) is 7.32. The molecule has 112 valence electrons. The smallest absolute Gasteiger partial charge is 0.119 e. The van der Waals surface area contributed by atoms with Crippen molar-refractivity contribution in [3.8, 4) is 23.7 Å². The normalized spacial score (nSPS) is 11.4. The molecule has 1 aromatic rings. The summed E-state index contributed by atoms with van der Waals surface area (Å²) in [6.07, 6.45) is 0.956. The third-order valence-corrected chi connectivity index (χ3v) is 3.33. The predicted octanol–water partition coefficient (Wildman–Crippen LogP) is 2.16. The maximum Gasteiger partial charge on any atom is 0.119 e. The average Bonchev–Trinajstić information content (AvgIpc) is 2.49. The Hall–Kier alpha value is -2.01. The standard InChI is InChI=1S/C17H22N2O2/c1-14(9-10-18)19(2)13-16-12-17(21-3)8-7-15(16)6-4-5-11-20/h7-8,12,14,20H,5,9,11,13H2,1-3H3. The molecule has 0 aromatic heterocycles. The van der Waals surface area contributed by atoms with Crippen LogP contribution in [0.15, 0.2) is 18.2 Å². The van der Waals surface area contributed by atoms with Gasteiger partial charge in [-0.2, -0.15) is 5.26 Å². The summed E-state index contributed by atoms with van der Waals surface area (Å²) < 4.78 is 5.27. The summed E-state index contributed by atoms with van der Waals surface area (Å²) in [5, 5.41) is 17.6. The van der Waals surface area contributed by atoms with Crippen LogP contribution in [0.3, 0.4) is 0 Å². The molecule has 1 rings (SSSR count). The highest BCUT2D eigenvalue weighted by molar-refractivity contribution is 5.45. The molecule has 1 atom stereocenters. The molecule has 1 aromatic carbocycles. The maximum atomic E-state index is 8.81. The van der Waals surface area contributed by atoms with Crippen molar-refractivity contribution < 1.29 is 9.84 Å². The number of nitriles is 1. The summed E-state index contributed by atoms with van der Waals surface area (Å²) in [6.45, 7) is 2.79. The molecule has 4 nitrogen and oxygen atoms in total. The summed E-state index contributed by atoms with van der Waals surface area (Å²) >= 11 is 0. The van der Waals surface area contributed by atoms with Gasteiger partial charge in [-0.05, 0) is 37.7 Å². The molecular weight excluding hydrogens is 264 g/mol. The van der Waals surface area contributed by atoms with Crippen LogP contribution in [0.25, 0.3) is 0 Å². The van der Waals surface area contributed by atoms with Gasteiger partial charge in [-0.15, -0.1) is 0 Å². The second-order valence-corrected chi connectivity index (χ2v) is 4.92. The second-order valence-electron chi connectivity index (χ2n) is 4.92. The highest BCUT2D eigenvalue weighted by atomic mass is 16.5. The number of nitrogens with zero attached hydrogens (tertiary/aromatic N) is 2. The second kappa shape index (κ2) is 9.02. The monoisotopic (exact) mass is 286 g/mol. The zero-order valence-electron chi connectivity index (χ0n) is 12.9. The van der Waals surface area contributed by atoms with E-state index >= 15 is 0 Å². The van der Waals surface area contributed by atoms with E-state index in [0.29, 0.717) is 19.4 Å². The largest absolute Gasteiger partial charge is 0.497 e. The summed E-state index contributed by atoms with van der Waals surface area (Å²) in [6, 6.07) is 8.15. The van der Waals surface area contributed by atoms with Crippen LogP contribution in [0.5, 0.6) is 5.75 Å². The van der Waals surface area contributed by atoms with Crippen molar-refractivity contribution in [2.45, 2.75) is 32.4 Å². The molecular formula is C17H22N2O2. The number of ether oxygens (including phenoxy) is 1. The quantitative estimate of drug-likeness (QED) is 0.814. The van der Waals surface area contributed by atoms with Gasteiger partial charge in [0.1, 0.15) is 5.75 Å². The SMILES string of the molecule is COc1ccc(C#CCCO)c(CN(C)C(C)CC#N)c1. The fraction of sp³-hybridized carbons (Fsp3) is 0.471.